The van der Waals surface area contributed by atoms with E-state index in [1.807, 2.05) is 0 Å². The molecule has 6 nitrogen and oxygen atoms in total. The molecule has 0 fully saturated rings. The standard InChI is InChI=1S/C13H9N3O3/c17-10-6-8-5-7(1-2-9(8)16-10)11-12(13(18)19)15-4-3-14-11/h1-5H,6H2,(H,16,17)(H,18,19). The molecule has 2 aromatic rings. The summed E-state index contributed by atoms with van der Waals surface area (Å²) in [6, 6.07) is 5.24. The van der Waals surface area contributed by atoms with Gasteiger partial charge < -0.3 is 10.4 Å². The van der Waals surface area contributed by atoms with Gasteiger partial charge >= 0.3 is 5.97 Å². The third-order valence-corrected chi connectivity index (χ3v) is 2.90. The molecule has 0 saturated carbocycles. The Hall–Kier alpha value is -2.76. The first-order chi connectivity index (χ1) is 9.15. The van der Waals surface area contributed by atoms with E-state index in [0.29, 0.717) is 17.7 Å². The van der Waals surface area contributed by atoms with Crippen molar-refractivity contribution >= 4 is 17.6 Å². The monoisotopic (exact) mass is 255 g/mol. The first-order valence-electron chi connectivity index (χ1n) is 5.62. The summed E-state index contributed by atoms with van der Waals surface area (Å²) in [5.74, 6) is -1.19. The van der Waals surface area contributed by atoms with Crippen molar-refractivity contribution < 1.29 is 14.7 Å². The largest absolute Gasteiger partial charge is 0.476 e. The molecule has 0 bridgehead atoms. The average molecular weight is 255 g/mol. The summed E-state index contributed by atoms with van der Waals surface area (Å²) in [6.07, 6.45) is 3.08. The SMILES string of the molecule is O=C1Cc2cc(-c3nccnc3C(=O)O)ccc2N1. The van der Waals surface area contributed by atoms with Gasteiger partial charge in [-0.25, -0.2) is 9.78 Å². The molecule has 3 rings (SSSR count). The third kappa shape index (κ3) is 1.93. The van der Waals surface area contributed by atoms with Crippen molar-refractivity contribution in [3.8, 4) is 11.3 Å². The molecular weight excluding hydrogens is 246 g/mol. The third-order valence-electron chi connectivity index (χ3n) is 2.90. The summed E-state index contributed by atoms with van der Waals surface area (Å²) in [5.41, 5.74) is 2.44. The Kier molecular flexibility index (Phi) is 2.49. The van der Waals surface area contributed by atoms with Crippen molar-refractivity contribution in [1.29, 1.82) is 0 Å². The van der Waals surface area contributed by atoms with Crippen molar-refractivity contribution in [2.75, 3.05) is 5.32 Å². The second kappa shape index (κ2) is 4.16. The zero-order valence-electron chi connectivity index (χ0n) is 9.75. The second-order valence-corrected chi connectivity index (χ2v) is 4.16. The summed E-state index contributed by atoms with van der Waals surface area (Å²) in [7, 11) is 0. The lowest BCUT2D eigenvalue weighted by Crippen LogP contribution is -2.04. The molecular formula is C13H9N3O3. The maximum atomic E-state index is 11.3. The van der Waals surface area contributed by atoms with Gasteiger partial charge in [0.15, 0.2) is 5.69 Å². The van der Waals surface area contributed by atoms with Crippen LogP contribution in [0, 0.1) is 0 Å². The maximum absolute atomic E-state index is 11.3. The van der Waals surface area contributed by atoms with E-state index in [4.69, 9.17) is 5.11 Å². The fraction of sp³-hybridized carbons (Fsp3) is 0.0769. The molecule has 1 amide bonds. The smallest absolute Gasteiger partial charge is 0.356 e. The summed E-state index contributed by atoms with van der Waals surface area (Å²) >= 11 is 0. The topological polar surface area (TPSA) is 92.2 Å². The molecule has 0 atom stereocenters. The van der Waals surface area contributed by atoms with E-state index >= 15 is 0 Å². The number of carbonyl (C=O) groups is 2. The molecule has 0 spiro atoms. The Bertz CT molecular complexity index is 697. The molecule has 2 N–H and O–H groups in total. The minimum absolute atomic E-state index is 0.0650. The summed E-state index contributed by atoms with van der Waals surface area (Å²) < 4.78 is 0. The lowest BCUT2D eigenvalue weighted by Gasteiger charge is -2.05. The number of nitrogens with one attached hydrogen (secondary N) is 1. The van der Waals surface area contributed by atoms with Gasteiger partial charge in [0.05, 0.1) is 6.42 Å². The average Bonchev–Trinajstić information content (AvgIpc) is 2.77. The van der Waals surface area contributed by atoms with Crippen LogP contribution in [-0.2, 0) is 11.2 Å². The van der Waals surface area contributed by atoms with Gasteiger partial charge in [-0.1, -0.05) is 6.07 Å². The molecule has 1 aromatic carbocycles. The van der Waals surface area contributed by atoms with Crippen LogP contribution in [0.2, 0.25) is 0 Å². The van der Waals surface area contributed by atoms with E-state index < -0.39 is 5.97 Å². The van der Waals surface area contributed by atoms with Crippen LogP contribution in [0.3, 0.4) is 0 Å². The highest BCUT2D eigenvalue weighted by atomic mass is 16.4. The highest BCUT2D eigenvalue weighted by molar-refractivity contribution is 6.00. The van der Waals surface area contributed by atoms with Crippen molar-refractivity contribution in [3.63, 3.8) is 0 Å². The van der Waals surface area contributed by atoms with Gasteiger partial charge in [0.25, 0.3) is 0 Å². The summed E-state index contributed by atoms with van der Waals surface area (Å²) in [6.45, 7) is 0. The molecule has 0 radical (unpaired) electrons. The van der Waals surface area contributed by atoms with Gasteiger partial charge in [0, 0.05) is 23.6 Å². The Morgan fingerprint density at radius 3 is 2.84 bits per heavy atom. The van der Waals surface area contributed by atoms with Gasteiger partial charge in [-0.15, -0.1) is 0 Å². The molecule has 0 unspecified atom stereocenters. The molecule has 2 heterocycles. The number of carbonyl (C=O) groups excluding carboxylic acids is 1. The van der Waals surface area contributed by atoms with Crippen molar-refractivity contribution in [1.82, 2.24) is 9.97 Å². The number of anilines is 1. The number of aromatic carboxylic acids is 1. The van der Waals surface area contributed by atoms with Crippen molar-refractivity contribution in [3.05, 3.63) is 41.9 Å². The number of carboxylic acids is 1. The lowest BCUT2D eigenvalue weighted by molar-refractivity contribution is -0.115. The van der Waals surface area contributed by atoms with Crippen LogP contribution in [0.5, 0.6) is 0 Å². The van der Waals surface area contributed by atoms with E-state index in [1.54, 1.807) is 18.2 Å². The highest BCUT2D eigenvalue weighted by Crippen LogP contribution is 2.29. The molecule has 0 aliphatic carbocycles. The number of fused-ring (bicyclic) bond motifs is 1. The molecule has 1 aliphatic rings. The fourth-order valence-corrected chi connectivity index (χ4v) is 2.08. The predicted molar refractivity (Wildman–Crippen MR) is 66.8 cm³/mol. The number of hydrogen-bond acceptors (Lipinski definition) is 4. The fourth-order valence-electron chi connectivity index (χ4n) is 2.08. The molecule has 94 valence electrons. The quantitative estimate of drug-likeness (QED) is 0.844. The zero-order valence-corrected chi connectivity index (χ0v) is 9.75. The number of nitrogens with zero attached hydrogens (tertiary/aromatic N) is 2. The first-order valence-corrected chi connectivity index (χ1v) is 5.62. The summed E-state index contributed by atoms with van der Waals surface area (Å²) in [4.78, 5) is 30.3. The van der Waals surface area contributed by atoms with E-state index in [1.165, 1.54) is 12.4 Å². The van der Waals surface area contributed by atoms with E-state index in [2.05, 4.69) is 15.3 Å². The molecule has 1 aliphatic heterocycles. The van der Waals surface area contributed by atoms with E-state index in [0.717, 1.165) is 11.3 Å². The normalized spacial score (nSPS) is 12.9. The Morgan fingerprint density at radius 1 is 1.26 bits per heavy atom. The Balaban J connectivity index is 2.11. The van der Waals surface area contributed by atoms with Crippen LogP contribution in [0.25, 0.3) is 11.3 Å². The van der Waals surface area contributed by atoms with Crippen molar-refractivity contribution in [2.24, 2.45) is 0 Å². The Morgan fingerprint density at radius 2 is 2.05 bits per heavy atom. The van der Waals surface area contributed by atoms with Gasteiger partial charge in [-0.2, -0.15) is 0 Å². The molecule has 6 heteroatoms. The van der Waals surface area contributed by atoms with Gasteiger partial charge in [-0.3, -0.25) is 9.78 Å². The number of aromatic nitrogens is 2. The van der Waals surface area contributed by atoms with Gasteiger partial charge in [0.2, 0.25) is 5.91 Å². The molecule has 0 saturated heterocycles. The van der Waals surface area contributed by atoms with Crippen LogP contribution < -0.4 is 5.32 Å². The number of carboxylic acid groups (broad SMARTS) is 1. The lowest BCUT2D eigenvalue weighted by atomic mass is 10.0. The van der Waals surface area contributed by atoms with Crippen molar-refractivity contribution in [2.45, 2.75) is 6.42 Å². The minimum atomic E-state index is -1.13. The number of amides is 1. The van der Waals surface area contributed by atoms with Crippen LogP contribution in [0.4, 0.5) is 5.69 Å². The summed E-state index contributed by atoms with van der Waals surface area (Å²) in [5, 5.41) is 11.8. The second-order valence-electron chi connectivity index (χ2n) is 4.16. The molecule has 1 aromatic heterocycles. The number of hydrogen-bond donors (Lipinski definition) is 2. The van der Waals surface area contributed by atoms with E-state index in [9.17, 15) is 9.59 Å². The van der Waals surface area contributed by atoms with Gasteiger partial charge in [-0.05, 0) is 17.7 Å². The number of benzene rings is 1. The predicted octanol–water partition coefficient (Wildman–Crippen LogP) is 1.34. The minimum Gasteiger partial charge on any atom is -0.476 e. The van der Waals surface area contributed by atoms with Gasteiger partial charge in [0.1, 0.15) is 5.69 Å². The van der Waals surface area contributed by atoms with E-state index in [-0.39, 0.29) is 11.6 Å². The Labute approximate surface area is 108 Å². The maximum Gasteiger partial charge on any atom is 0.356 e. The van der Waals surface area contributed by atoms with Crippen LogP contribution >= 0.6 is 0 Å². The zero-order chi connectivity index (χ0) is 13.4. The van der Waals surface area contributed by atoms with Crippen LogP contribution in [0.15, 0.2) is 30.6 Å². The van der Waals surface area contributed by atoms with Crippen LogP contribution in [0.1, 0.15) is 16.1 Å². The first kappa shape index (κ1) is 11.3. The molecule has 19 heavy (non-hydrogen) atoms. The van der Waals surface area contributed by atoms with Crippen LogP contribution in [-0.4, -0.2) is 27.0 Å². The number of rotatable bonds is 2. The highest BCUT2D eigenvalue weighted by Gasteiger charge is 2.20.